The molecule has 0 aliphatic carbocycles. The number of ether oxygens (including phenoxy) is 8. The second kappa shape index (κ2) is 18.9. The van der Waals surface area contributed by atoms with Gasteiger partial charge >= 0.3 is 0 Å². The Kier molecular flexibility index (Phi) is 14.1. The third-order valence-electron chi connectivity index (χ3n) is 11.4. The van der Waals surface area contributed by atoms with Crippen LogP contribution in [0, 0.1) is 0 Å². The van der Waals surface area contributed by atoms with Crippen LogP contribution in [-0.2, 0) is 33.2 Å². The van der Waals surface area contributed by atoms with Crippen molar-refractivity contribution in [2.75, 3.05) is 13.2 Å². The number of hydrogen-bond acceptors (Lipinski definition) is 24. The lowest BCUT2D eigenvalue weighted by molar-refractivity contribution is -0.380. The van der Waals surface area contributed by atoms with Gasteiger partial charge in [-0.25, -0.2) is 0 Å². The predicted octanol–water partition coefficient (Wildman–Crippen LogP) is -4.72. The molecule has 4 aliphatic rings. The van der Waals surface area contributed by atoms with Crippen LogP contribution in [0.4, 0.5) is 0 Å². The third kappa shape index (κ3) is 9.19. The molecule has 0 radical (unpaired) electrons. The van der Waals surface area contributed by atoms with Crippen molar-refractivity contribution in [2.24, 2.45) is 0 Å². The first kappa shape index (κ1) is 47.1. The van der Waals surface area contributed by atoms with Crippen LogP contribution in [0.25, 0.3) is 22.3 Å². The highest BCUT2D eigenvalue weighted by atomic mass is 16.8. The van der Waals surface area contributed by atoms with Crippen LogP contribution in [0.1, 0.15) is 13.8 Å². The molecule has 3 aromatic rings. The number of hydrogen-bond donors (Lipinski definition) is 14. The maximum absolute atomic E-state index is 14.1. The lowest BCUT2D eigenvalue weighted by Crippen LogP contribution is -2.66. The van der Waals surface area contributed by atoms with Gasteiger partial charge in [-0.1, -0.05) is 0 Å². The molecule has 5 heterocycles. The van der Waals surface area contributed by atoms with Crippen molar-refractivity contribution in [1.29, 1.82) is 0 Å². The average Bonchev–Trinajstić information content (AvgIpc) is 3.24. The highest BCUT2D eigenvalue weighted by Gasteiger charge is 2.54. The number of rotatable bonds is 11. The van der Waals surface area contributed by atoms with E-state index in [1.807, 2.05) is 0 Å². The van der Waals surface area contributed by atoms with Gasteiger partial charge in [-0.15, -0.1) is 0 Å². The van der Waals surface area contributed by atoms with Gasteiger partial charge in [-0.3, -0.25) is 4.79 Å². The zero-order chi connectivity index (χ0) is 45.8. The molecule has 63 heavy (non-hydrogen) atoms. The van der Waals surface area contributed by atoms with E-state index in [4.69, 9.17) is 42.3 Å². The summed E-state index contributed by atoms with van der Waals surface area (Å²) in [6.45, 7) is 1.15. The van der Waals surface area contributed by atoms with Crippen molar-refractivity contribution >= 4 is 11.0 Å². The van der Waals surface area contributed by atoms with Gasteiger partial charge in [0.15, 0.2) is 30.7 Å². The predicted molar refractivity (Wildman–Crippen MR) is 202 cm³/mol. The van der Waals surface area contributed by atoms with Crippen molar-refractivity contribution in [2.45, 2.75) is 137 Å². The third-order valence-corrected chi connectivity index (χ3v) is 11.4. The van der Waals surface area contributed by atoms with Gasteiger partial charge in [0.1, 0.15) is 108 Å². The van der Waals surface area contributed by atoms with Crippen LogP contribution in [0.3, 0.4) is 0 Å². The number of aliphatic hydroxyl groups is 11. The number of benzene rings is 2. The van der Waals surface area contributed by atoms with Gasteiger partial charge in [0, 0.05) is 17.7 Å². The maximum atomic E-state index is 14.1. The Hall–Kier alpha value is -3.87. The fraction of sp³-hybridized carbons (Fsp3) is 0.615. The van der Waals surface area contributed by atoms with Crippen molar-refractivity contribution in [1.82, 2.24) is 0 Å². The van der Waals surface area contributed by atoms with Crippen LogP contribution >= 0.6 is 0 Å². The number of phenols is 3. The minimum absolute atomic E-state index is 0.109. The van der Waals surface area contributed by atoms with Crippen LogP contribution in [0.15, 0.2) is 45.6 Å². The molecule has 0 spiro atoms. The maximum Gasteiger partial charge on any atom is 0.239 e. The van der Waals surface area contributed by atoms with Gasteiger partial charge in [-0.2, -0.15) is 0 Å². The Morgan fingerprint density at radius 2 is 1.14 bits per heavy atom. The lowest BCUT2D eigenvalue weighted by atomic mass is 9.96. The summed E-state index contributed by atoms with van der Waals surface area (Å²) >= 11 is 0. The van der Waals surface area contributed by atoms with Gasteiger partial charge in [0.2, 0.25) is 17.5 Å². The molecule has 4 aliphatic heterocycles. The molecule has 4 saturated heterocycles. The highest BCUT2D eigenvalue weighted by molar-refractivity contribution is 5.88. The molecule has 24 heteroatoms. The standard InChI is InChI=1S/C39H50O24/c1-11-21(44)26(49)29(52)36(56-11)55-10-19-24(47)27(50)30(53)37(60-19)61-33-22(45)12(2)57-38(31(33)54)63-35-28(51)23(46)18(9-40)59-39(35)62-34-25(48)20-16(43)7-15(42)8-17(20)58-32(34)13-3-5-14(41)6-4-13/h3-8,11-12,18-19,21-24,26-31,33,35-47,49-54H,9-10H2,1-2H3/t11-,12-,18+,19+,21-,22-,23+,24+,26+,27-,28-,29+,30+,31+,33+,35+,36+,37-,38-,39-/m0/s1. The zero-order valence-electron chi connectivity index (χ0n) is 33.3. The minimum Gasteiger partial charge on any atom is -0.508 e. The van der Waals surface area contributed by atoms with E-state index in [9.17, 15) is 76.3 Å². The Balaban J connectivity index is 1.14. The Morgan fingerprint density at radius 3 is 1.83 bits per heavy atom. The number of aliphatic hydroxyl groups excluding tert-OH is 11. The summed E-state index contributed by atoms with van der Waals surface area (Å²) in [5, 5.41) is 148. The lowest BCUT2D eigenvalue weighted by Gasteiger charge is -2.48. The summed E-state index contributed by atoms with van der Waals surface area (Å²) in [7, 11) is 0. The normalized spacial score (nSPS) is 41.1. The number of phenolic OH excluding ortho intramolecular Hbond substituents is 3. The summed E-state index contributed by atoms with van der Waals surface area (Å²) in [6, 6.07) is 7.04. The molecule has 350 valence electrons. The van der Waals surface area contributed by atoms with Crippen molar-refractivity contribution in [3.63, 3.8) is 0 Å². The molecular weight excluding hydrogens is 852 g/mol. The Bertz CT molecular complexity index is 2090. The molecule has 7 rings (SSSR count). The molecule has 0 saturated carbocycles. The molecule has 24 nitrogen and oxygen atoms in total. The largest absolute Gasteiger partial charge is 0.508 e. The molecule has 14 N–H and O–H groups in total. The molecule has 2 aromatic carbocycles. The molecule has 0 bridgehead atoms. The van der Waals surface area contributed by atoms with E-state index in [1.54, 1.807) is 0 Å². The summed E-state index contributed by atoms with van der Waals surface area (Å²) in [6.07, 6.45) is -35.1. The minimum atomic E-state index is -2.09. The van der Waals surface area contributed by atoms with E-state index in [1.165, 1.54) is 38.1 Å². The highest BCUT2D eigenvalue weighted by Crippen LogP contribution is 2.39. The first-order valence-corrected chi connectivity index (χ1v) is 19.8. The van der Waals surface area contributed by atoms with E-state index in [2.05, 4.69) is 0 Å². The SMILES string of the molecule is C[C@@H]1O[C@@H](OC[C@H]2O[C@@H](O[C@@H]3[C@@H](O)[C@H](C)O[C@@H](O[C@H]4[C@H](Oc5c(-c6ccc(O)cc6)oc6cc(O)cc(O)c6c5=O)O[C@H](CO)[C@@H](O)[C@@H]4O)[C@@H]3O)[C@H](O)[C@@H](O)[C@@H]2O)[C@H](O)[C@H](O)[C@H]1O. The van der Waals surface area contributed by atoms with E-state index in [0.717, 1.165) is 12.1 Å². The van der Waals surface area contributed by atoms with Gasteiger partial charge in [0.25, 0.3) is 0 Å². The van der Waals surface area contributed by atoms with Crippen LogP contribution in [0.5, 0.6) is 23.0 Å². The quantitative estimate of drug-likeness (QED) is 0.0859. The molecule has 20 atom stereocenters. The van der Waals surface area contributed by atoms with Crippen LogP contribution in [-0.4, -0.2) is 208 Å². The van der Waals surface area contributed by atoms with Gasteiger partial charge in [-0.05, 0) is 38.1 Å². The number of aromatic hydroxyl groups is 3. The molecule has 0 amide bonds. The average molecular weight is 903 g/mol. The van der Waals surface area contributed by atoms with Crippen LogP contribution in [0.2, 0.25) is 0 Å². The topological polar surface area (TPSA) is 387 Å². The van der Waals surface area contributed by atoms with E-state index in [-0.39, 0.29) is 22.7 Å². The summed E-state index contributed by atoms with van der Waals surface area (Å²) in [5.74, 6) is -2.41. The van der Waals surface area contributed by atoms with E-state index in [0.29, 0.717) is 0 Å². The first-order valence-electron chi connectivity index (χ1n) is 19.8. The second-order valence-electron chi connectivity index (χ2n) is 15.7. The summed E-state index contributed by atoms with van der Waals surface area (Å²) in [5.41, 5.74) is -1.24. The molecular formula is C39H50O24. The van der Waals surface area contributed by atoms with E-state index < -0.39 is 164 Å². The monoisotopic (exact) mass is 902 g/mol. The zero-order valence-corrected chi connectivity index (χ0v) is 33.3. The summed E-state index contributed by atoms with van der Waals surface area (Å²) < 4.78 is 51.7. The second-order valence-corrected chi connectivity index (χ2v) is 15.7. The van der Waals surface area contributed by atoms with Crippen molar-refractivity contribution < 1.29 is 114 Å². The Morgan fingerprint density at radius 1 is 0.571 bits per heavy atom. The molecule has 4 fully saturated rings. The fourth-order valence-electron chi connectivity index (χ4n) is 7.68. The van der Waals surface area contributed by atoms with E-state index >= 15 is 0 Å². The van der Waals surface area contributed by atoms with Crippen molar-refractivity contribution in [3.05, 3.63) is 46.6 Å². The Labute approximate surface area is 355 Å². The fourth-order valence-corrected chi connectivity index (χ4v) is 7.68. The molecule has 0 unspecified atom stereocenters. The first-order chi connectivity index (χ1) is 29.8. The molecule has 1 aromatic heterocycles. The summed E-state index contributed by atoms with van der Waals surface area (Å²) in [4.78, 5) is 14.1. The van der Waals surface area contributed by atoms with Crippen molar-refractivity contribution in [3.8, 4) is 34.3 Å². The number of fused-ring (bicyclic) bond motifs is 1. The van der Waals surface area contributed by atoms with Crippen LogP contribution < -0.4 is 10.2 Å². The van der Waals surface area contributed by atoms with Gasteiger partial charge in [0.05, 0.1) is 25.4 Å². The van der Waals surface area contributed by atoms with Gasteiger partial charge < -0.3 is 114 Å². The smallest absolute Gasteiger partial charge is 0.239 e.